The fraction of sp³-hybridized carbons (Fsp3) is 0.455. The first kappa shape index (κ1) is 14.3. The lowest BCUT2D eigenvalue weighted by Gasteiger charge is -2.17. The minimum absolute atomic E-state index is 0.278. The Morgan fingerprint density at radius 3 is 2.56 bits per heavy atom. The van der Waals surface area contributed by atoms with E-state index in [4.69, 9.17) is 0 Å². The molecular weight excluding hydrogens is 249 g/mol. The minimum Gasteiger partial charge on any atom is -0.440 e. The Balaban J connectivity index is 2.32. The maximum absolute atomic E-state index is 11.8. The van der Waals surface area contributed by atoms with E-state index in [9.17, 15) is 18.0 Å². The Morgan fingerprint density at radius 2 is 2.00 bits per heavy atom. The van der Waals surface area contributed by atoms with Gasteiger partial charge >= 0.3 is 12.3 Å². The molecule has 0 fully saturated rings. The quantitative estimate of drug-likeness (QED) is 0.835. The molecule has 18 heavy (non-hydrogen) atoms. The van der Waals surface area contributed by atoms with Gasteiger partial charge in [-0.3, -0.25) is 4.98 Å². The first-order valence-corrected chi connectivity index (χ1v) is 5.22. The van der Waals surface area contributed by atoms with Crippen LogP contribution in [0, 0.1) is 0 Å². The molecule has 100 valence electrons. The molecule has 0 saturated heterocycles. The van der Waals surface area contributed by atoms with Crippen molar-refractivity contribution in [2.45, 2.75) is 12.6 Å². The molecule has 0 aliphatic carbocycles. The molecule has 0 aliphatic heterocycles. The van der Waals surface area contributed by atoms with Gasteiger partial charge in [0.25, 0.3) is 0 Å². The summed E-state index contributed by atoms with van der Waals surface area (Å²) in [6.07, 6.45) is -1.74. The van der Waals surface area contributed by atoms with Crippen molar-refractivity contribution in [3.8, 4) is 0 Å². The average Bonchev–Trinajstić information content (AvgIpc) is 2.33. The first-order valence-electron chi connectivity index (χ1n) is 5.22. The van der Waals surface area contributed by atoms with Crippen LogP contribution in [-0.2, 0) is 11.2 Å². The molecule has 1 aromatic heterocycles. The highest BCUT2D eigenvalue weighted by Gasteiger charge is 2.30. The van der Waals surface area contributed by atoms with Gasteiger partial charge in [-0.05, 0) is 24.1 Å². The van der Waals surface area contributed by atoms with Crippen molar-refractivity contribution < 1.29 is 22.7 Å². The lowest BCUT2D eigenvalue weighted by molar-refractivity contribution is -0.162. The summed E-state index contributed by atoms with van der Waals surface area (Å²) in [5.41, 5.74) is 0.945. The second kappa shape index (κ2) is 6.23. The molecule has 1 amide bonds. The van der Waals surface area contributed by atoms with E-state index >= 15 is 0 Å². The Morgan fingerprint density at radius 1 is 1.39 bits per heavy atom. The van der Waals surface area contributed by atoms with Crippen molar-refractivity contribution in [3.63, 3.8) is 0 Å². The molecule has 4 nitrogen and oxygen atoms in total. The van der Waals surface area contributed by atoms with Crippen molar-refractivity contribution in [1.29, 1.82) is 0 Å². The van der Waals surface area contributed by atoms with Crippen LogP contribution in [0.25, 0.3) is 0 Å². The van der Waals surface area contributed by atoms with Crippen molar-refractivity contribution in [1.82, 2.24) is 9.88 Å². The Hall–Kier alpha value is -1.79. The smallest absolute Gasteiger partial charge is 0.422 e. The van der Waals surface area contributed by atoms with Gasteiger partial charge in [0, 0.05) is 26.0 Å². The third kappa shape index (κ3) is 5.51. The van der Waals surface area contributed by atoms with Gasteiger partial charge in [0.1, 0.15) is 0 Å². The molecule has 0 bridgehead atoms. The SMILES string of the molecule is CN(CCc1ccncc1)C(=O)OCC(F)(F)F. The van der Waals surface area contributed by atoms with Gasteiger partial charge in [-0.25, -0.2) is 4.79 Å². The fourth-order valence-electron chi connectivity index (χ4n) is 1.19. The maximum Gasteiger partial charge on any atom is 0.422 e. The summed E-state index contributed by atoms with van der Waals surface area (Å²) >= 11 is 0. The lowest BCUT2D eigenvalue weighted by atomic mass is 10.2. The summed E-state index contributed by atoms with van der Waals surface area (Å²) < 4.78 is 39.6. The van der Waals surface area contributed by atoms with E-state index in [2.05, 4.69) is 9.72 Å². The Bertz CT molecular complexity index is 382. The third-order valence-corrected chi connectivity index (χ3v) is 2.16. The number of aromatic nitrogens is 1. The second-order valence-corrected chi connectivity index (χ2v) is 3.70. The highest BCUT2D eigenvalue weighted by molar-refractivity contribution is 5.67. The second-order valence-electron chi connectivity index (χ2n) is 3.70. The first-order chi connectivity index (χ1) is 8.38. The van der Waals surface area contributed by atoms with E-state index in [1.807, 2.05) is 0 Å². The van der Waals surface area contributed by atoms with Crippen LogP contribution in [-0.4, -0.2) is 42.4 Å². The van der Waals surface area contributed by atoms with E-state index in [0.29, 0.717) is 6.42 Å². The molecule has 0 aliphatic rings. The van der Waals surface area contributed by atoms with Gasteiger partial charge in [0.2, 0.25) is 0 Å². The number of alkyl halides is 3. The molecular formula is C11H13F3N2O2. The Kier molecular flexibility index (Phi) is 4.94. The number of amides is 1. The number of rotatable bonds is 4. The zero-order chi connectivity index (χ0) is 13.6. The fourth-order valence-corrected chi connectivity index (χ4v) is 1.19. The monoisotopic (exact) mass is 262 g/mol. The van der Waals surface area contributed by atoms with Crippen molar-refractivity contribution >= 4 is 6.09 Å². The molecule has 1 rings (SSSR count). The van der Waals surface area contributed by atoms with Gasteiger partial charge in [0.15, 0.2) is 6.61 Å². The summed E-state index contributed by atoms with van der Waals surface area (Å²) in [4.78, 5) is 16.1. The molecule has 0 saturated carbocycles. The largest absolute Gasteiger partial charge is 0.440 e. The molecule has 7 heteroatoms. The summed E-state index contributed by atoms with van der Waals surface area (Å²) in [5.74, 6) is 0. The number of nitrogens with zero attached hydrogens (tertiary/aromatic N) is 2. The Labute approximate surface area is 102 Å². The van der Waals surface area contributed by atoms with Gasteiger partial charge in [-0.1, -0.05) is 0 Å². The van der Waals surface area contributed by atoms with E-state index in [0.717, 1.165) is 10.5 Å². The maximum atomic E-state index is 11.8. The molecule has 0 unspecified atom stereocenters. The van der Waals surface area contributed by atoms with E-state index < -0.39 is 18.9 Å². The molecule has 0 aromatic carbocycles. The summed E-state index contributed by atoms with van der Waals surface area (Å²) in [6, 6.07) is 3.55. The van der Waals surface area contributed by atoms with Crippen LogP contribution in [0.15, 0.2) is 24.5 Å². The normalized spacial score (nSPS) is 11.1. The number of carbonyl (C=O) groups excluding carboxylic acids is 1. The standard InChI is InChI=1S/C11H13F3N2O2/c1-16(10(17)18-8-11(12,13)14)7-4-9-2-5-15-6-3-9/h2-3,5-6H,4,7-8H2,1H3. The van der Waals surface area contributed by atoms with Gasteiger partial charge in [-0.15, -0.1) is 0 Å². The summed E-state index contributed by atoms with van der Waals surface area (Å²) in [7, 11) is 1.39. The lowest BCUT2D eigenvalue weighted by Crippen LogP contribution is -2.32. The zero-order valence-corrected chi connectivity index (χ0v) is 9.78. The molecule has 0 atom stereocenters. The average molecular weight is 262 g/mol. The van der Waals surface area contributed by atoms with Crippen LogP contribution in [0.2, 0.25) is 0 Å². The van der Waals surface area contributed by atoms with Gasteiger partial charge in [-0.2, -0.15) is 13.2 Å². The number of ether oxygens (including phenoxy) is 1. The molecule has 0 spiro atoms. The highest BCUT2D eigenvalue weighted by atomic mass is 19.4. The van der Waals surface area contributed by atoms with Crippen molar-refractivity contribution in [2.24, 2.45) is 0 Å². The van der Waals surface area contributed by atoms with E-state index in [1.54, 1.807) is 24.5 Å². The van der Waals surface area contributed by atoms with Gasteiger partial charge in [0.05, 0.1) is 0 Å². The molecule has 0 N–H and O–H groups in total. The topological polar surface area (TPSA) is 42.4 Å². The summed E-state index contributed by atoms with van der Waals surface area (Å²) in [5, 5.41) is 0. The highest BCUT2D eigenvalue weighted by Crippen LogP contribution is 2.14. The van der Waals surface area contributed by atoms with Crippen molar-refractivity contribution in [2.75, 3.05) is 20.2 Å². The zero-order valence-electron chi connectivity index (χ0n) is 9.78. The van der Waals surface area contributed by atoms with E-state index in [1.165, 1.54) is 7.05 Å². The van der Waals surface area contributed by atoms with Crippen molar-refractivity contribution in [3.05, 3.63) is 30.1 Å². The van der Waals surface area contributed by atoms with Crippen LogP contribution < -0.4 is 0 Å². The number of likely N-dealkylation sites (N-methyl/N-ethyl adjacent to an activating group) is 1. The third-order valence-electron chi connectivity index (χ3n) is 2.16. The number of halogens is 3. The molecule has 0 radical (unpaired) electrons. The van der Waals surface area contributed by atoms with E-state index in [-0.39, 0.29) is 6.54 Å². The molecule has 1 aromatic rings. The number of pyridine rings is 1. The number of hydrogen-bond donors (Lipinski definition) is 0. The minimum atomic E-state index is -4.50. The van der Waals surface area contributed by atoms with Crippen LogP contribution in [0.3, 0.4) is 0 Å². The van der Waals surface area contributed by atoms with Gasteiger partial charge < -0.3 is 9.64 Å². The van der Waals surface area contributed by atoms with Crippen LogP contribution in [0.4, 0.5) is 18.0 Å². The van der Waals surface area contributed by atoms with Crippen LogP contribution in [0.5, 0.6) is 0 Å². The molecule has 1 heterocycles. The predicted molar refractivity (Wildman–Crippen MR) is 58.0 cm³/mol. The predicted octanol–water partition coefficient (Wildman–Crippen LogP) is 2.25. The van der Waals surface area contributed by atoms with Crippen LogP contribution >= 0.6 is 0 Å². The number of hydrogen-bond acceptors (Lipinski definition) is 3. The van der Waals surface area contributed by atoms with Crippen LogP contribution in [0.1, 0.15) is 5.56 Å². The summed E-state index contributed by atoms with van der Waals surface area (Å²) in [6.45, 7) is -1.29. The number of carbonyl (C=O) groups is 1.